The van der Waals surface area contributed by atoms with Crippen LogP contribution in [0.25, 0.3) is 0 Å². The number of imidazole rings is 1. The number of hydrogen-bond acceptors (Lipinski definition) is 3. The quantitative estimate of drug-likeness (QED) is 0.742. The second kappa shape index (κ2) is 3.47. The van der Waals surface area contributed by atoms with Gasteiger partial charge in [-0.05, 0) is 20.8 Å². The summed E-state index contributed by atoms with van der Waals surface area (Å²) in [5.74, 6) is 0.808. The number of H-pyrrole nitrogens is 1. The summed E-state index contributed by atoms with van der Waals surface area (Å²) in [6, 6.07) is -0.0195. The maximum absolute atomic E-state index is 5.70. The number of nitrogens with two attached hydrogens (primary N) is 1. The van der Waals surface area contributed by atoms with Crippen molar-refractivity contribution in [1.29, 1.82) is 0 Å². The fourth-order valence-electron chi connectivity index (χ4n) is 0.969. The smallest absolute Gasteiger partial charge is 0.138 e. The molecule has 0 aliphatic heterocycles. The van der Waals surface area contributed by atoms with Gasteiger partial charge < -0.3 is 15.5 Å². The van der Waals surface area contributed by atoms with E-state index in [1.165, 1.54) is 0 Å². The second-order valence-corrected chi connectivity index (χ2v) is 3.69. The van der Waals surface area contributed by atoms with Crippen molar-refractivity contribution in [3.8, 4) is 0 Å². The Morgan fingerprint density at radius 1 is 1.62 bits per heavy atom. The molecule has 1 heterocycles. The van der Waals surface area contributed by atoms with E-state index in [2.05, 4.69) is 9.97 Å². The molecule has 0 aromatic carbocycles. The van der Waals surface area contributed by atoms with Crippen LogP contribution in [0.1, 0.15) is 38.3 Å². The van der Waals surface area contributed by atoms with Gasteiger partial charge in [-0.3, -0.25) is 0 Å². The molecule has 1 atom stereocenters. The monoisotopic (exact) mass is 183 g/mol. The molecule has 0 fully saturated rings. The van der Waals surface area contributed by atoms with Crippen LogP contribution >= 0.6 is 0 Å². The lowest BCUT2D eigenvalue weighted by Crippen LogP contribution is -2.21. The molecule has 1 aromatic rings. The Hall–Kier alpha value is -0.870. The Morgan fingerprint density at radius 2 is 2.23 bits per heavy atom. The molecule has 0 saturated heterocycles. The Balaban J connectivity index is 2.91. The largest absolute Gasteiger partial charge is 0.371 e. The van der Waals surface area contributed by atoms with Crippen LogP contribution in [0.15, 0.2) is 6.20 Å². The van der Waals surface area contributed by atoms with Crippen molar-refractivity contribution in [3.63, 3.8) is 0 Å². The number of rotatable bonds is 3. The first-order valence-electron chi connectivity index (χ1n) is 4.33. The summed E-state index contributed by atoms with van der Waals surface area (Å²) in [4.78, 5) is 7.36. The molecule has 0 spiro atoms. The summed E-state index contributed by atoms with van der Waals surface area (Å²) < 4.78 is 5.28. The summed E-state index contributed by atoms with van der Waals surface area (Å²) in [7, 11) is 1.66. The standard InChI is InChI=1S/C9H17N3O/c1-6(10)7-5-11-8(12-7)9(2,3)13-4/h5-6H,10H2,1-4H3,(H,11,12). The Labute approximate surface area is 78.5 Å². The van der Waals surface area contributed by atoms with E-state index in [1.54, 1.807) is 13.3 Å². The highest BCUT2D eigenvalue weighted by Crippen LogP contribution is 2.21. The molecule has 3 N–H and O–H groups in total. The molecule has 1 rings (SSSR count). The van der Waals surface area contributed by atoms with Gasteiger partial charge >= 0.3 is 0 Å². The Kier molecular flexibility index (Phi) is 2.73. The van der Waals surface area contributed by atoms with Crippen molar-refractivity contribution in [3.05, 3.63) is 17.7 Å². The number of methoxy groups -OCH3 is 1. The summed E-state index contributed by atoms with van der Waals surface area (Å²) in [6.07, 6.45) is 1.75. The first-order chi connectivity index (χ1) is 5.97. The van der Waals surface area contributed by atoms with Gasteiger partial charge in [-0.25, -0.2) is 4.98 Å². The number of nitrogens with one attached hydrogen (secondary N) is 1. The van der Waals surface area contributed by atoms with Gasteiger partial charge in [-0.2, -0.15) is 0 Å². The van der Waals surface area contributed by atoms with Gasteiger partial charge in [0.1, 0.15) is 11.4 Å². The van der Waals surface area contributed by atoms with Gasteiger partial charge in [-0.15, -0.1) is 0 Å². The third-order valence-electron chi connectivity index (χ3n) is 2.17. The number of hydrogen-bond donors (Lipinski definition) is 2. The van der Waals surface area contributed by atoms with Gasteiger partial charge in [0, 0.05) is 19.3 Å². The predicted octanol–water partition coefficient (Wildman–Crippen LogP) is 1.31. The maximum Gasteiger partial charge on any atom is 0.138 e. The summed E-state index contributed by atoms with van der Waals surface area (Å²) >= 11 is 0. The highest BCUT2D eigenvalue weighted by atomic mass is 16.5. The summed E-state index contributed by atoms with van der Waals surface area (Å²) in [6.45, 7) is 5.82. The summed E-state index contributed by atoms with van der Waals surface area (Å²) in [5.41, 5.74) is 6.25. The van der Waals surface area contributed by atoms with E-state index < -0.39 is 0 Å². The fourth-order valence-corrected chi connectivity index (χ4v) is 0.969. The van der Waals surface area contributed by atoms with Crippen LogP contribution in [-0.4, -0.2) is 17.1 Å². The average molecular weight is 183 g/mol. The molecule has 1 aromatic heterocycles. The van der Waals surface area contributed by atoms with Crippen LogP contribution in [0.2, 0.25) is 0 Å². The molecule has 1 unspecified atom stereocenters. The molecule has 0 bridgehead atoms. The third kappa shape index (κ3) is 2.08. The van der Waals surface area contributed by atoms with Gasteiger partial charge in [0.2, 0.25) is 0 Å². The molecule has 0 radical (unpaired) electrons. The van der Waals surface area contributed by atoms with Crippen molar-refractivity contribution < 1.29 is 4.74 Å². The number of aromatic nitrogens is 2. The third-order valence-corrected chi connectivity index (χ3v) is 2.17. The van der Waals surface area contributed by atoms with E-state index in [1.807, 2.05) is 20.8 Å². The van der Waals surface area contributed by atoms with Crippen LogP contribution in [-0.2, 0) is 10.3 Å². The van der Waals surface area contributed by atoms with Crippen molar-refractivity contribution >= 4 is 0 Å². The van der Waals surface area contributed by atoms with E-state index in [0.717, 1.165) is 11.5 Å². The zero-order chi connectivity index (χ0) is 10.1. The molecule has 0 saturated carbocycles. The first-order valence-corrected chi connectivity index (χ1v) is 4.33. The molecular weight excluding hydrogens is 166 g/mol. The van der Waals surface area contributed by atoms with Gasteiger partial charge in [0.25, 0.3) is 0 Å². The lowest BCUT2D eigenvalue weighted by molar-refractivity contribution is 0.0121. The van der Waals surface area contributed by atoms with Crippen molar-refractivity contribution in [2.45, 2.75) is 32.4 Å². The molecule has 13 heavy (non-hydrogen) atoms. The Morgan fingerprint density at radius 3 is 2.62 bits per heavy atom. The predicted molar refractivity (Wildman–Crippen MR) is 51.2 cm³/mol. The van der Waals surface area contributed by atoms with Crippen molar-refractivity contribution in [2.75, 3.05) is 7.11 Å². The zero-order valence-corrected chi connectivity index (χ0v) is 8.59. The first kappa shape index (κ1) is 10.2. The fraction of sp³-hybridized carbons (Fsp3) is 0.667. The van der Waals surface area contributed by atoms with E-state index in [9.17, 15) is 0 Å². The summed E-state index contributed by atoms with van der Waals surface area (Å²) in [5, 5.41) is 0. The molecular formula is C9H17N3O. The number of aromatic amines is 1. The van der Waals surface area contributed by atoms with Gasteiger partial charge in [0.15, 0.2) is 0 Å². The molecule has 4 heteroatoms. The van der Waals surface area contributed by atoms with Gasteiger partial charge in [-0.1, -0.05) is 0 Å². The highest BCUT2D eigenvalue weighted by Gasteiger charge is 2.23. The lowest BCUT2D eigenvalue weighted by Gasteiger charge is -2.19. The minimum Gasteiger partial charge on any atom is -0.371 e. The van der Waals surface area contributed by atoms with Crippen molar-refractivity contribution in [1.82, 2.24) is 9.97 Å². The van der Waals surface area contributed by atoms with Crippen LogP contribution in [0, 0.1) is 0 Å². The van der Waals surface area contributed by atoms with Crippen molar-refractivity contribution in [2.24, 2.45) is 5.73 Å². The molecule has 0 aliphatic carbocycles. The minimum atomic E-state index is -0.382. The Bertz CT molecular complexity index is 278. The maximum atomic E-state index is 5.70. The molecule has 74 valence electrons. The van der Waals surface area contributed by atoms with E-state index >= 15 is 0 Å². The normalized spacial score (nSPS) is 14.5. The SMILES string of the molecule is COC(C)(C)c1ncc(C(C)N)[nH]1. The minimum absolute atomic E-state index is 0.0195. The van der Waals surface area contributed by atoms with E-state index in [4.69, 9.17) is 10.5 Å². The highest BCUT2D eigenvalue weighted by molar-refractivity contribution is 5.09. The van der Waals surface area contributed by atoms with E-state index in [-0.39, 0.29) is 11.6 Å². The van der Waals surface area contributed by atoms with Crippen LogP contribution < -0.4 is 5.73 Å². The molecule has 0 aliphatic rings. The number of ether oxygens (including phenoxy) is 1. The van der Waals surface area contributed by atoms with Crippen LogP contribution in [0.4, 0.5) is 0 Å². The topological polar surface area (TPSA) is 63.9 Å². The zero-order valence-electron chi connectivity index (χ0n) is 8.59. The second-order valence-electron chi connectivity index (χ2n) is 3.69. The average Bonchev–Trinajstić information content (AvgIpc) is 2.52. The van der Waals surface area contributed by atoms with Crippen LogP contribution in [0.5, 0.6) is 0 Å². The molecule has 0 amide bonds. The number of nitrogens with zero attached hydrogens (tertiary/aromatic N) is 1. The van der Waals surface area contributed by atoms with Crippen LogP contribution in [0.3, 0.4) is 0 Å². The molecule has 4 nitrogen and oxygen atoms in total. The van der Waals surface area contributed by atoms with Gasteiger partial charge in [0.05, 0.1) is 5.69 Å². The lowest BCUT2D eigenvalue weighted by atomic mass is 10.1. The van der Waals surface area contributed by atoms with E-state index in [0.29, 0.717) is 0 Å².